The van der Waals surface area contributed by atoms with Crippen LogP contribution >= 0.6 is 0 Å². The molecule has 0 N–H and O–H groups in total. The van der Waals surface area contributed by atoms with E-state index in [1.165, 1.54) is 11.3 Å². The van der Waals surface area contributed by atoms with Crippen molar-refractivity contribution in [1.82, 2.24) is 0 Å². The summed E-state index contributed by atoms with van der Waals surface area (Å²) >= 11 is 0. The summed E-state index contributed by atoms with van der Waals surface area (Å²) in [5.74, 6) is 0.805. The van der Waals surface area contributed by atoms with Crippen LogP contribution in [-0.2, 0) is 4.79 Å². The van der Waals surface area contributed by atoms with Crippen molar-refractivity contribution in [3.8, 4) is 0 Å². The number of hydrogen-bond donors (Lipinski definition) is 0. The molecule has 0 bridgehead atoms. The van der Waals surface area contributed by atoms with Crippen LogP contribution in [0, 0.1) is 12.8 Å². The summed E-state index contributed by atoms with van der Waals surface area (Å²) in [4.78, 5) is 14.0. The Balaban J connectivity index is 1.92. The molecule has 0 amide bonds. The summed E-state index contributed by atoms with van der Waals surface area (Å²) in [6.45, 7) is 6.29. The van der Waals surface area contributed by atoms with Crippen LogP contribution in [0.15, 0.2) is 24.3 Å². The summed E-state index contributed by atoms with van der Waals surface area (Å²) in [6.07, 6.45) is 4.02. The van der Waals surface area contributed by atoms with Gasteiger partial charge >= 0.3 is 0 Å². The third-order valence-electron chi connectivity index (χ3n) is 3.96. The number of nitrogens with zero attached hydrogens (tertiary/aromatic N) is 1. The van der Waals surface area contributed by atoms with Crippen LogP contribution < -0.4 is 4.90 Å². The maximum absolute atomic E-state index is 11.6. The molecular weight excluding hydrogens is 222 g/mol. The number of rotatable bonds is 5. The average molecular weight is 245 g/mol. The molecule has 1 aromatic rings. The van der Waals surface area contributed by atoms with E-state index in [2.05, 4.69) is 43.0 Å². The highest BCUT2D eigenvalue weighted by Crippen LogP contribution is 2.25. The van der Waals surface area contributed by atoms with Crippen molar-refractivity contribution in [2.75, 3.05) is 18.0 Å². The van der Waals surface area contributed by atoms with Gasteiger partial charge in [0.2, 0.25) is 0 Å². The van der Waals surface area contributed by atoms with Gasteiger partial charge in [0.05, 0.1) is 0 Å². The van der Waals surface area contributed by atoms with Crippen LogP contribution in [0.1, 0.15) is 38.2 Å². The second-order valence-electron chi connectivity index (χ2n) is 5.26. The van der Waals surface area contributed by atoms with Crippen LogP contribution in [-0.4, -0.2) is 18.9 Å². The number of hydrogen-bond acceptors (Lipinski definition) is 2. The van der Waals surface area contributed by atoms with Gasteiger partial charge in [-0.2, -0.15) is 0 Å². The zero-order valence-electron chi connectivity index (χ0n) is 11.5. The zero-order chi connectivity index (χ0) is 13.0. The number of carbonyl (C=O) groups excluding carboxylic acids is 1. The van der Waals surface area contributed by atoms with Gasteiger partial charge < -0.3 is 4.90 Å². The molecular formula is C16H23NO. The van der Waals surface area contributed by atoms with Crippen LogP contribution in [0.25, 0.3) is 0 Å². The summed E-state index contributed by atoms with van der Waals surface area (Å²) in [5, 5.41) is 0. The predicted octanol–water partition coefficient (Wildman–Crippen LogP) is 3.58. The SMILES string of the molecule is CCN(CCC1CCCC1=O)c1ccc(C)cc1. The number of benzene rings is 1. The van der Waals surface area contributed by atoms with E-state index < -0.39 is 0 Å². The number of Topliss-reactive ketones (excluding diaryl/α,β-unsaturated/α-hetero) is 1. The van der Waals surface area contributed by atoms with Crippen molar-refractivity contribution >= 4 is 11.5 Å². The maximum atomic E-state index is 11.6. The van der Waals surface area contributed by atoms with E-state index in [0.717, 1.165) is 38.8 Å². The van der Waals surface area contributed by atoms with E-state index in [-0.39, 0.29) is 0 Å². The van der Waals surface area contributed by atoms with Crippen LogP contribution in [0.3, 0.4) is 0 Å². The number of carbonyl (C=O) groups is 1. The van der Waals surface area contributed by atoms with Gasteiger partial charge in [0.1, 0.15) is 5.78 Å². The van der Waals surface area contributed by atoms with Crippen molar-refractivity contribution in [3.05, 3.63) is 29.8 Å². The smallest absolute Gasteiger partial charge is 0.136 e. The van der Waals surface area contributed by atoms with E-state index in [1.54, 1.807) is 0 Å². The lowest BCUT2D eigenvalue weighted by Crippen LogP contribution is -2.26. The second kappa shape index (κ2) is 6.03. The molecule has 1 atom stereocenters. The Hall–Kier alpha value is -1.31. The van der Waals surface area contributed by atoms with E-state index in [4.69, 9.17) is 0 Å². The van der Waals surface area contributed by atoms with E-state index in [9.17, 15) is 4.79 Å². The monoisotopic (exact) mass is 245 g/mol. The van der Waals surface area contributed by atoms with Crippen LogP contribution in [0.2, 0.25) is 0 Å². The Bertz CT molecular complexity index is 396. The van der Waals surface area contributed by atoms with Gasteiger partial charge in [0, 0.05) is 31.1 Å². The fourth-order valence-electron chi connectivity index (χ4n) is 2.73. The first-order chi connectivity index (χ1) is 8.70. The lowest BCUT2D eigenvalue weighted by Gasteiger charge is -2.24. The Kier molecular flexibility index (Phi) is 4.40. The molecule has 1 unspecified atom stereocenters. The molecule has 98 valence electrons. The van der Waals surface area contributed by atoms with Gasteiger partial charge in [-0.25, -0.2) is 0 Å². The molecule has 0 aromatic heterocycles. The molecule has 0 saturated heterocycles. The highest BCUT2D eigenvalue weighted by atomic mass is 16.1. The first kappa shape index (κ1) is 13.1. The third-order valence-corrected chi connectivity index (χ3v) is 3.96. The first-order valence-corrected chi connectivity index (χ1v) is 7.05. The van der Waals surface area contributed by atoms with Gasteiger partial charge in [-0.05, 0) is 45.2 Å². The van der Waals surface area contributed by atoms with Crippen molar-refractivity contribution in [1.29, 1.82) is 0 Å². The Morgan fingerprint density at radius 3 is 2.56 bits per heavy atom. The van der Waals surface area contributed by atoms with Gasteiger partial charge in [-0.3, -0.25) is 4.79 Å². The molecule has 1 aliphatic carbocycles. The van der Waals surface area contributed by atoms with Gasteiger partial charge in [0.25, 0.3) is 0 Å². The molecule has 18 heavy (non-hydrogen) atoms. The summed E-state index contributed by atoms with van der Waals surface area (Å²) < 4.78 is 0. The van der Waals surface area contributed by atoms with Gasteiger partial charge in [-0.15, -0.1) is 0 Å². The lowest BCUT2D eigenvalue weighted by molar-refractivity contribution is -0.120. The van der Waals surface area contributed by atoms with Crippen molar-refractivity contribution in [2.24, 2.45) is 5.92 Å². The fraction of sp³-hybridized carbons (Fsp3) is 0.562. The van der Waals surface area contributed by atoms with Crippen LogP contribution in [0.5, 0.6) is 0 Å². The Labute approximate surface area is 110 Å². The molecule has 0 heterocycles. The summed E-state index contributed by atoms with van der Waals surface area (Å²) in [5.41, 5.74) is 2.56. The largest absolute Gasteiger partial charge is 0.372 e. The minimum atomic E-state index is 0.324. The third kappa shape index (κ3) is 3.12. The van der Waals surface area contributed by atoms with E-state index >= 15 is 0 Å². The van der Waals surface area contributed by atoms with E-state index in [0.29, 0.717) is 11.7 Å². The zero-order valence-corrected chi connectivity index (χ0v) is 11.5. The molecule has 2 heteroatoms. The quantitative estimate of drug-likeness (QED) is 0.790. The van der Waals surface area contributed by atoms with Gasteiger partial charge in [-0.1, -0.05) is 17.7 Å². The number of aryl methyl sites for hydroxylation is 1. The maximum Gasteiger partial charge on any atom is 0.136 e. The molecule has 2 rings (SSSR count). The normalized spacial score (nSPS) is 19.2. The molecule has 1 aliphatic rings. The predicted molar refractivity (Wildman–Crippen MR) is 76.0 cm³/mol. The minimum absolute atomic E-state index is 0.324. The molecule has 0 radical (unpaired) electrons. The second-order valence-corrected chi connectivity index (χ2v) is 5.26. The summed E-state index contributed by atoms with van der Waals surface area (Å²) in [7, 11) is 0. The Morgan fingerprint density at radius 1 is 1.28 bits per heavy atom. The number of anilines is 1. The van der Waals surface area contributed by atoms with Crippen molar-refractivity contribution < 1.29 is 4.79 Å². The molecule has 0 aliphatic heterocycles. The standard InChI is InChI=1S/C16H23NO/c1-3-17(15-9-7-13(2)8-10-15)12-11-14-5-4-6-16(14)18/h7-10,14H,3-6,11-12H2,1-2H3. The van der Waals surface area contributed by atoms with Crippen molar-refractivity contribution in [3.63, 3.8) is 0 Å². The lowest BCUT2D eigenvalue weighted by atomic mass is 10.0. The molecule has 2 nitrogen and oxygen atoms in total. The fourth-order valence-corrected chi connectivity index (χ4v) is 2.73. The molecule has 1 fully saturated rings. The summed E-state index contributed by atoms with van der Waals surface area (Å²) in [6, 6.07) is 8.65. The van der Waals surface area contributed by atoms with Crippen molar-refractivity contribution in [2.45, 2.75) is 39.5 Å². The van der Waals surface area contributed by atoms with E-state index in [1.807, 2.05) is 0 Å². The molecule has 1 saturated carbocycles. The molecule has 0 spiro atoms. The number of ketones is 1. The Morgan fingerprint density at radius 2 is 2.00 bits per heavy atom. The average Bonchev–Trinajstić information content (AvgIpc) is 2.78. The first-order valence-electron chi connectivity index (χ1n) is 7.05. The molecule has 1 aromatic carbocycles. The highest BCUT2D eigenvalue weighted by Gasteiger charge is 2.24. The minimum Gasteiger partial charge on any atom is -0.372 e. The highest BCUT2D eigenvalue weighted by molar-refractivity contribution is 5.82. The topological polar surface area (TPSA) is 20.3 Å². The van der Waals surface area contributed by atoms with Crippen LogP contribution in [0.4, 0.5) is 5.69 Å². The van der Waals surface area contributed by atoms with Gasteiger partial charge in [0.15, 0.2) is 0 Å².